The molecule has 0 bridgehead atoms. The average molecular weight is 280 g/mol. The number of benzene rings is 1. The Balaban J connectivity index is 0.00000162. The van der Waals surface area contributed by atoms with E-state index in [0.717, 1.165) is 6.07 Å². The van der Waals surface area contributed by atoms with Crippen LogP contribution in [0.25, 0.3) is 11.0 Å². The molecule has 0 fully saturated rings. The predicted molar refractivity (Wildman–Crippen MR) is 58.1 cm³/mol. The second kappa shape index (κ2) is 5.45. The minimum absolute atomic E-state index is 0. The Bertz CT molecular complexity index is 718. The predicted octanol–water partition coefficient (Wildman–Crippen LogP) is -2.84. The van der Waals surface area contributed by atoms with Crippen molar-refractivity contribution in [1.29, 1.82) is 0 Å². The summed E-state index contributed by atoms with van der Waals surface area (Å²) in [7, 11) is -4.65. The minimum Gasteiger partial charge on any atom is -0.744 e. The minimum atomic E-state index is -4.65. The summed E-state index contributed by atoms with van der Waals surface area (Å²) < 4.78 is 38.2. The van der Waals surface area contributed by atoms with Crippen LogP contribution in [0.15, 0.2) is 21.8 Å². The maximum Gasteiger partial charge on any atom is 1.00 e. The van der Waals surface area contributed by atoms with Crippen molar-refractivity contribution in [3.05, 3.63) is 22.6 Å². The van der Waals surface area contributed by atoms with Crippen molar-refractivity contribution in [2.24, 2.45) is 0 Å². The molecule has 0 aliphatic rings. The fourth-order valence-corrected chi connectivity index (χ4v) is 2.13. The number of imidazole rings is 1. The zero-order valence-corrected chi connectivity index (χ0v) is 12.6. The average Bonchev–Trinajstić information content (AvgIpc) is 2.55. The topological polar surface area (TPSA) is 115 Å². The molecule has 7 nitrogen and oxygen atoms in total. The first-order valence-corrected chi connectivity index (χ1v) is 6.17. The SMILES string of the molecule is CCOc1cc2[nH]c(=O)[nH]c2cc1S(=O)(=O)[O-].[Na+]. The first kappa shape index (κ1) is 15.3. The summed E-state index contributed by atoms with van der Waals surface area (Å²) in [6.45, 7) is 1.87. The first-order valence-electron chi connectivity index (χ1n) is 4.76. The molecule has 9 heteroatoms. The van der Waals surface area contributed by atoms with Gasteiger partial charge in [0.05, 0.1) is 22.5 Å². The molecule has 1 heterocycles. The van der Waals surface area contributed by atoms with Crippen molar-refractivity contribution >= 4 is 21.2 Å². The molecular weight excluding hydrogens is 271 g/mol. The normalized spacial score (nSPS) is 11.2. The Morgan fingerprint density at radius 2 is 1.83 bits per heavy atom. The molecule has 92 valence electrons. The fraction of sp³-hybridized carbons (Fsp3) is 0.222. The van der Waals surface area contributed by atoms with Gasteiger partial charge in [-0.15, -0.1) is 0 Å². The van der Waals surface area contributed by atoms with Gasteiger partial charge in [-0.05, 0) is 13.0 Å². The molecule has 2 rings (SSSR count). The molecule has 2 N–H and O–H groups in total. The number of H-pyrrole nitrogens is 2. The van der Waals surface area contributed by atoms with Gasteiger partial charge in [-0.1, -0.05) is 0 Å². The number of rotatable bonds is 3. The van der Waals surface area contributed by atoms with Gasteiger partial charge in [-0.3, -0.25) is 0 Å². The van der Waals surface area contributed by atoms with Gasteiger partial charge in [-0.2, -0.15) is 0 Å². The maximum atomic E-state index is 11.0. The van der Waals surface area contributed by atoms with Crippen LogP contribution in [-0.4, -0.2) is 29.5 Å². The Kier molecular flexibility index (Phi) is 4.62. The van der Waals surface area contributed by atoms with Crippen molar-refractivity contribution in [2.75, 3.05) is 6.61 Å². The fourth-order valence-electron chi connectivity index (χ4n) is 1.51. The van der Waals surface area contributed by atoms with Gasteiger partial charge in [0.15, 0.2) is 0 Å². The third-order valence-corrected chi connectivity index (χ3v) is 3.01. The largest absolute Gasteiger partial charge is 1.00 e. The van der Waals surface area contributed by atoms with E-state index in [9.17, 15) is 17.8 Å². The van der Waals surface area contributed by atoms with E-state index in [1.165, 1.54) is 6.07 Å². The number of aromatic nitrogens is 2. The van der Waals surface area contributed by atoms with E-state index >= 15 is 0 Å². The van der Waals surface area contributed by atoms with Gasteiger partial charge in [0, 0.05) is 6.07 Å². The van der Waals surface area contributed by atoms with Crippen LogP contribution in [0, 0.1) is 0 Å². The van der Waals surface area contributed by atoms with Gasteiger partial charge in [0.25, 0.3) is 0 Å². The zero-order valence-electron chi connectivity index (χ0n) is 9.81. The summed E-state index contributed by atoms with van der Waals surface area (Å²) in [5.41, 5.74) is 0.140. The molecule has 18 heavy (non-hydrogen) atoms. The van der Waals surface area contributed by atoms with Gasteiger partial charge >= 0.3 is 35.2 Å². The molecule has 0 saturated heterocycles. The van der Waals surface area contributed by atoms with E-state index < -0.39 is 20.7 Å². The Hall–Kier alpha value is -0.800. The van der Waals surface area contributed by atoms with Crippen LogP contribution in [-0.2, 0) is 10.1 Å². The second-order valence-electron chi connectivity index (χ2n) is 3.31. The molecular formula is C9H9N2NaO5S. The number of hydrogen-bond donors (Lipinski definition) is 2. The van der Waals surface area contributed by atoms with Crippen molar-refractivity contribution in [3.8, 4) is 5.75 Å². The zero-order chi connectivity index (χ0) is 12.6. The van der Waals surface area contributed by atoms with Crippen molar-refractivity contribution in [3.63, 3.8) is 0 Å². The van der Waals surface area contributed by atoms with Crippen LogP contribution in [0.2, 0.25) is 0 Å². The molecule has 2 aromatic rings. The van der Waals surface area contributed by atoms with E-state index in [4.69, 9.17) is 4.74 Å². The summed E-state index contributed by atoms with van der Waals surface area (Å²) in [4.78, 5) is 15.4. The summed E-state index contributed by atoms with van der Waals surface area (Å²) >= 11 is 0. The standard InChI is InChI=1S/C9H10N2O5S.Na/c1-2-16-7-3-5-6(11-9(12)10-5)4-8(7)17(13,14)15;/h3-4H,2H2,1H3,(H2,10,11,12)(H,13,14,15);/q;+1/p-1. The molecule has 0 amide bonds. The Morgan fingerprint density at radius 1 is 1.28 bits per heavy atom. The maximum absolute atomic E-state index is 11.0. The van der Waals surface area contributed by atoms with Crippen LogP contribution in [0.5, 0.6) is 5.75 Å². The van der Waals surface area contributed by atoms with Crippen molar-refractivity contribution in [1.82, 2.24) is 9.97 Å². The molecule has 0 saturated carbocycles. The van der Waals surface area contributed by atoms with Crippen LogP contribution in [0.1, 0.15) is 6.92 Å². The van der Waals surface area contributed by atoms with Crippen LogP contribution in [0.4, 0.5) is 0 Å². The van der Waals surface area contributed by atoms with Gasteiger partial charge < -0.3 is 19.3 Å². The molecule has 0 atom stereocenters. The number of aromatic amines is 2. The monoisotopic (exact) mass is 280 g/mol. The molecule has 0 aliphatic carbocycles. The molecule has 0 unspecified atom stereocenters. The van der Waals surface area contributed by atoms with Gasteiger partial charge in [-0.25, -0.2) is 13.2 Å². The van der Waals surface area contributed by atoms with Gasteiger partial charge in [0.2, 0.25) is 0 Å². The summed E-state index contributed by atoms with van der Waals surface area (Å²) in [5, 5.41) is 0. The van der Waals surface area contributed by atoms with E-state index in [0.29, 0.717) is 5.52 Å². The smallest absolute Gasteiger partial charge is 0.744 e. The molecule has 0 aliphatic heterocycles. The number of hydrogen-bond acceptors (Lipinski definition) is 5. The van der Waals surface area contributed by atoms with E-state index in [1.54, 1.807) is 6.92 Å². The number of fused-ring (bicyclic) bond motifs is 1. The van der Waals surface area contributed by atoms with Gasteiger partial charge in [0.1, 0.15) is 15.9 Å². The quantitative estimate of drug-likeness (QED) is 0.464. The third-order valence-electron chi connectivity index (χ3n) is 2.15. The van der Waals surface area contributed by atoms with Crippen LogP contribution >= 0.6 is 0 Å². The van der Waals surface area contributed by atoms with E-state index in [1.807, 2.05) is 0 Å². The second-order valence-corrected chi connectivity index (χ2v) is 4.66. The van der Waals surface area contributed by atoms with Crippen LogP contribution < -0.4 is 40.0 Å². The summed E-state index contributed by atoms with van der Waals surface area (Å²) in [6.07, 6.45) is 0. The number of ether oxygens (including phenoxy) is 1. The molecule has 0 radical (unpaired) electrons. The van der Waals surface area contributed by atoms with E-state index in [2.05, 4.69) is 9.97 Å². The Labute approximate surface area is 125 Å². The molecule has 0 spiro atoms. The first-order chi connectivity index (χ1) is 7.91. The summed E-state index contributed by atoms with van der Waals surface area (Å²) in [6, 6.07) is 2.39. The van der Waals surface area contributed by atoms with E-state index in [-0.39, 0.29) is 47.4 Å². The molecule has 1 aromatic heterocycles. The molecule has 1 aromatic carbocycles. The summed E-state index contributed by atoms with van der Waals surface area (Å²) in [5.74, 6) is -0.0646. The van der Waals surface area contributed by atoms with Crippen LogP contribution in [0.3, 0.4) is 0 Å². The number of nitrogens with one attached hydrogen (secondary N) is 2. The third kappa shape index (κ3) is 2.96. The van der Waals surface area contributed by atoms with Crippen molar-refractivity contribution < 1.29 is 47.3 Å². The Morgan fingerprint density at radius 3 is 2.33 bits per heavy atom. The van der Waals surface area contributed by atoms with Crippen molar-refractivity contribution in [2.45, 2.75) is 11.8 Å².